The van der Waals surface area contributed by atoms with Crippen molar-refractivity contribution in [2.75, 3.05) is 5.32 Å². The van der Waals surface area contributed by atoms with Gasteiger partial charge in [-0.3, -0.25) is 9.59 Å². The molecule has 0 aliphatic carbocycles. The first kappa shape index (κ1) is 22.4. The van der Waals surface area contributed by atoms with E-state index in [9.17, 15) is 9.59 Å². The van der Waals surface area contributed by atoms with Crippen LogP contribution in [0.5, 0.6) is 0 Å². The molecular weight excluding hydrogens is 322 g/mol. The molecule has 3 heteroatoms. The van der Waals surface area contributed by atoms with E-state index < -0.39 is 0 Å². The third-order valence-electron chi connectivity index (χ3n) is 4.62. The van der Waals surface area contributed by atoms with Crippen LogP contribution < -0.4 is 5.32 Å². The summed E-state index contributed by atoms with van der Waals surface area (Å²) in [4.78, 5) is 24.2. The minimum absolute atomic E-state index is 0.0582. The lowest BCUT2D eigenvalue weighted by molar-refractivity contribution is -0.116. The largest absolute Gasteiger partial charge is 0.326 e. The van der Waals surface area contributed by atoms with Gasteiger partial charge in [-0.15, -0.1) is 0 Å². The van der Waals surface area contributed by atoms with E-state index in [-0.39, 0.29) is 17.1 Å². The average molecular weight is 360 g/mol. The van der Waals surface area contributed by atoms with Crippen LogP contribution in [0.15, 0.2) is 24.3 Å². The highest BCUT2D eigenvalue weighted by Crippen LogP contribution is 2.22. The Bertz CT molecular complexity index is 540. The molecule has 3 nitrogen and oxygen atoms in total. The number of amides is 1. The van der Waals surface area contributed by atoms with Gasteiger partial charge in [-0.1, -0.05) is 79.1 Å². The second kappa shape index (κ2) is 11.9. The maximum atomic E-state index is 12.2. The molecule has 0 saturated carbocycles. The third kappa shape index (κ3) is 9.17. The number of anilines is 1. The molecule has 0 atom stereocenters. The summed E-state index contributed by atoms with van der Waals surface area (Å²) >= 11 is 0. The SMILES string of the molecule is CCCCCCCCCCCC(=O)Nc1ccc(C(=O)C(C)(C)C)cc1. The number of ketones is 1. The zero-order valence-corrected chi connectivity index (χ0v) is 17.2. The molecule has 0 bridgehead atoms. The van der Waals surface area contributed by atoms with Crippen molar-refractivity contribution in [3.05, 3.63) is 29.8 Å². The van der Waals surface area contributed by atoms with Crippen LogP contribution in [-0.2, 0) is 4.79 Å². The van der Waals surface area contributed by atoms with Gasteiger partial charge in [0, 0.05) is 23.1 Å². The zero-order chi connectivity index (χ0) is 19.4. The van der Waals surface area contributed by atoms with Crippen LogP contribution in [0.2, 0.25) is 0 Å². The lowest BCUT2D eigenvalue weighted by Gasteiger charge is -2.16. The molecule has 1 rings (SSSR count). The number of nitrogens with one attached hydrogen (secondary N) is 1. The van der Waals surface area contributed by atoms with Crippen molar-refractivity contribution < 1.29 is 9.59 Å². The Balaban J connectivity index is 2.20. The van der Waals surface area contributed by atoms with Crippen LogP contribution in [0, 0.1) is 5.41 Å². The van der Waals surface area contributed by atoms with Crippen molar-refractivity contribution >= 4 is 17.4 Å². The fourth-order valence-electron chi connectivity index (χ4n) is 2.96. The summed E-state index contributed by atoms with van der Waals surface area (Å²) < 4.78 is 0. The van der Waals surface area contributed by atoms with Gasteiger partial charge in [0.25, 0.3) is 0 Å². The summed E-state index contributed by atoms with van der Waals surface area (Å²) in [7, 11) is 0. The van der Waals surface area contributed by atoms with E-state index in [1.165, 1.54) is 44.9 Å². The Morgan fingerprint density at radius 2 is 1.31 bits per heavy atom. The molecular formula is C23H37NO2. The number of benzene rings is 1. The fraction of sp³-hybridized carbons (Fsp3) is 0.652. The lowest BCUT2D eigenvalue weighted by atomic mass is 9.86. The van der Waals surface area contributed by atoms with Crippen molar-refractivity contribution in [2.24, 2.45) is 5.41 Å². The average Bonchev–Trinajstić information content (AvgIpc) is 2.59. The highest BCUT2D eigenvalue weighted by atomic mass is 16.1. The van der Waals surface area contributed by atoms with E-state index >= 15 is 0 Å². The molecule has 0 fully saturated rings. The highest BCUT2D eigenvalue weighted by molar-refractivity contribution is 6.00. The Kier molecular flexibility index (Phi) is 10.2. The van der Waals surface area contributed by atoms with E-state index in [1.807, 2.05) is 32.9 Å². The second-order valence-corrected chi connectivity index (χ2v) is 8.28. The van der Waals surface area contributed by atoms with Gasteiger partial charge in [-0.05, 0) is 30.7 Å². The van der Waals surface area contributed by atoms with Crippen LogP contribution in [0.4, 0.5) is 5.69 Å². The van der Waals surface area contributed by atoms with Gasteiger partial charge >= 0.3 is 0 Å². The summed E-state index contributed by atoms with van der Waals surface area (Å²) in [5.74, 6) is 0.174. The van der Waals surface area contributed by atoms with E-state index in [4.69, 9.17) is 0 Å². The Hall–Kier alpha value is -1.64. The lowest BCUT2D eigenvalue weighted by Crippen LogP contribution is -2.20. The number of carbonyl (C=O) groups is 2. The normalized spacial score (nSPS) is 11.4. The number of hydrogen-bond acceptors (Lipinski definition) is 2. The van der Waals surface area contributed by atoms with Crippen molar-refractivity contribution in [2.45, 2.75) is 91.9 Å². The van der Waals surface area contributed by atoms with Crippen LogP contribution in [0.25, 0.3) is 0 Å². The van der Waals surface area contributed by atoms with Gasteiger partial charge in [-0.25, -0.2) is 0 Å². The summed E-state index contributed by atoms with van der Waals surface area (Å²) in [5, 5.41) is 2.92. The molecule has 0 aliphatic rings. The molecule has 0 aromatic heterocycles. The van der Waals surface area contributed by atoms with Crippen molar-refractivity contribution in [3.63, 3.8) is 0 Å². The van der Waals surface area contributed by atoms with E-state index in [2.05, 4.69) is 12.2 Å². The van der Waals surface area contributed by atoms with Crippen LogP contribution >= 0.6 is 0 Å². The number of carbonyl (C=O) groups excluding carboxylic acids is 2. The van der Waals surface area contributed by atoms with Crippen LogP contribution in [-0.4, -0.2) is 11.7 Å². The minimum atomic E-state index is -0.388. The number of unbranched alkanes of at least 4 members (excludes halogenated alkanes) is 8. The van der Waals surface area contributed by atoms with E-state index in [1.54, 1.807) is 12.1 Å². The van der Waals surface area contributed by atoms with Gasteiger partial charge in [0.15, 0.2) is 5.78 Å². The maximum absolute atomic E-state index is 12.2. The molecule has 0 heterocycles. The number of hydrogen-bond donors (Lipinski definition) is 1. The Labute approximate surface area is 160 Å². The topological polar surface area (TPSA) is 46.2 Å². The van der Waals surface area contributed by atoms with E-state index in [0.717, 1.165) is 18.5 Å². The van der Waals surface area contributed by atoms with Gasteiger partial charge in [0.05, 0.1) is 0 Å². The molecule has 146 valence electrons. The molecule has 1 amide bonds. The molecule has 0 spiro atoms. The van der Waals surface area contributed by atoms with Crippen LogP contribution in [0.3, 0.4) is 0 Å². The molecule has 1 aromatic carbocycles. The van der Waals surface area contributed by atoms with Gasteiger partial charge in [0.2, 0.25) is 5.91 Å². The van der Waals surface area contributed by atoms with Crippen LogP contribution in [0.1, 0.15) is 102 Å². The molecule has 0 radical (unpaired) electrons. The Morgan fingerprint density at radius 1 is 0.808 bits per heavy atom. The monoisotopic (exact) mass is 359 g/mol. The molecule has 26 heavy (non-hydrogen) atoms. The van der Waals surface area contributed by atoms with E-state index in [0.29, 0.717) is 12.0 Å². The molecule has 1 aromatic rings. The first-order chi connectivity index (χ1) is 12.3. The molecule has 0 saturated heterocycles. The summed E-state index contributed by atoms with van der Waals surface area (Å²) in [6.45, 7) is 7.98. The summed E-state index contributed by atoms with van der Waals surface area (Å²) in [6.07, 6.45) is 11.8. The minimum Gasteiger partial charge on any atom is -0.326 e. The predicted molar refractivity (Wildman–Crippen MR) is 111 cm³/mol. The predicted octanol–water partition coefficient (Wildman–Crippen LogP) is 6.77. The van der Waals surface area contributed by atoms with Gasteiger partial charge in [-0.2, -0.15) is 0 Å². The first-order valence-electron chi connectivity index (χ1n) is 10.3. The quantitative estimate of drug-likeness (QED) is 0.330. The Morgan fingerprint density at radius 3 is 1.81 bits per heavy atom. The van der Waals surface area contributed by atoms with Crippen molar-refractivity contribution in [1.29, 1.82) is 0 Å². The molecule has 1 N–H and O–H groups in total. The van der Waals surface area contributed by atoms with Crippen molar-refractivity contribution in [1.82, 2.24) is 0 Å². The molecule has 0 aliphatic heterocycles. The first-order valence-corrected chi connectivity index (χ1v) is 10.3. The zero-order valence-electron chi connectivity index (χ0n) is 17.2. The standard InChI is InChI=1S/C23H37NO2/c1-5-6-7-8-9-10-11-12-13-14-21(25)24-20-17-15-19(16-18-20)22(26)23(2,3)4/h15-18H,5-14H2,1-4H3,(H,24,25). The van der Waals surface area contributed by atoms with Gasteiger partial charge in [0.1, 0.15) is 0 Å². The molecule has 0 unspecified atom stereocenters. The number of Topliss-reactive ketones (excluding diaryl/α,β-unsaturated/α-hetero) is 1. The summed E-state index contributed by atoms with van der Waals surface area (Å²) in [5.41, 5.74) is 1.06. The van der Waals surface area contributed by atoms with Gasteiger partial charge < -0.3 is 5.32 Å². The fourth-order valence-corrected chi connectivity index (χ4v) is 2.96. The van der Waals surface area contributed by atoms with Crippen molar-refractivity contribution in [3.8, 4) is 0 Å². The third-order valence-corrected chi connectivity index (χ3v) is 4.62. The smallest absolute Gasteiger partial charge is 0.224 e. The number of rotatable bonds is 12. The second-order valence-electron chi connectivity index (χ2n) is 8.28. The highest BCUT2D eigenvalue weighted by Gasteiger charge is 2.22. The summed E-state index contributed by atoms with van der Waals surface area (Å²) in [6, 6.07) is 7.21. The maximum Gasteiger partial charge on any atom is 0.224 e.